The molecule has 1 fully saturated rings. The minimum Gasteiger partial charge on any atom is -0.496 e. The summed E-state index contributed by atoms with van der Waals surface area (Å²) in [4.78, 5) is 11.4. The van der Waals surface area contributed by atoms with Gasteiger partial charge in [-0.2, -0.15) is 4.98 Å². The van der Waals surface area contributed by atoms with Crippen LogP contribution in [0, 0.1) is 6.92 Å². The second kappa shape index (κ2) is 11.3. The summed E-state index contributed by atoms with van der Waals surface area (Å²) in [6, 6.07) is 6.65. The summed E-state index contributed by atoms with van der Waals surface area (Å²) in [6.07, 6.45) is 5.88. The van der Waals surface area contributed by atoms with Gasteiger partial charge in [0, 0.05) is 36.9 Å². The van der Waals surface area contributed by atoms with Gasteiger partial charge in [0.25, 0.3) is 0 Å². The summed E-state index contributed by atoms with van der Waals surface area (Å²) >= 11 is 0. The standard InChI is InChI=1S/C24H37N5O2/c1-4-7-20(10-13-30)27-23-21(17(2)26-24(25)28-23)15-19-9-8-18(14-22(19)31-3)16-29-11-5-6-12-29/h8-9,14,20,30H,4-7,10-13,15-16H2,1-3H3,(H3,25,26,27,28)/t20-/m0/s1. The summed E-state index contributed by atoms with van der Waals surface area (Å²) in [5.41, 5.74) is 10.2. The van der Waals surface area contributed by atoms with Crippen molar-refractivity contribution in [1.82, 2.24) is 14.9 Å². The van der Waals surface area contributed by atoms with Crippen molar-refractivity contribution in [3.63, 3.8) is 0 Å². The van der Waals surface area contributed by atoms with Crippen LogP contribution in [0.25, 0.3) is 0 Å². The van der Waals surface area contributed by atoms with E-state index in [1.807, 2.05) is 6.92 Å². The molecule has 31 heavy (non-hydrogen) atoms. The molecule has 1 aliphatic rings. The van der Waals surface area contributed by atoms with Gasteiger partial charge in [0.05, 0.1) is 7.11 Å². The largest absolute Gasteiger partial charge is 0.496 e. The Bertz CT molecular complexity index is 846. The van der Waals surface area contributed by atoms with Gasteiger partial charge in [0.2, 0.25) is 5.95 Å². The van der Waals surface area contributed by atoms with Gasteiger partial charge in [0.15, 0.2) is 0 Å². The average molecular weight is 428 g/mol. The normalized spacial score (nSPS) is 15.2. The van der Waals surface area contributed by atoms with Crippen molar-refractivity contribution in [2.24, 2.45) is 0 Å². The van der Waals surface area contributed by atoms with Gasteiger partial charge in [-0.3, -0.25) is 4.90 Å². The molecule has 170 valence electrons. The van der Waals surface area contributed by atoms with Crippen molar-refractivity contribution in [3.8, 4) is 5.75 Å². The smallest absolute Gasteiger partial charge is 0.222 e. The molecule has 7 nitrogen and oxygen atoms in total. The molecule has 1 aromatic carbocycles. The molecule has 4 N–H and O–H groups in total. The molecule has 1 saturated heterocycles. The van der Waals surface area contributed by atoms with Crippen LogP contribution >= 0.6 is 0 Å². The van der Waals surface area contributed by atoms with E-state index in [0.29, 0.717) is 12.8 Å². The van der Waals surface area contributed by atoms with Gasteiger partial charge in [-0.25, -0.2) is 4.98 Å². The van der Waals surface area contributed by atoms with Crippen LogP contribution < -0.4 is 15.8 Å². The summed E-state index contributed by atoms with van der Waals surface area (Å²) in [6.45, 7) is 7.56. The fraction of sp³-hybridized carbons (Fsp3) is 0.583. The Labute approximate surface area is 186 Å². The number of aliphatic hydroxyl groups is 1. The first-order valence-electron chi connectivity index (χ1n) is 11.4. The van der Waals surface area contributed by atoms with Crippen LogP contribution in [0.1, 0.15) is 61.4 Å². The summed E-state index contributed by atoms with van der Waals surface area (Å²) in [5.74, 6) is 1.90. The Morgan fingerprint density at radius 1 is 1.23 bits per heavy atom. The lowest BCUT2D eigenvalue weighted by atomic mass is 10.0. The molecule has 2 heterocycles. The van der Waals surface area contributed by atoms with Crippen LogP contribution in [-0.2, 0) is 13.0 Å². The topological polar surface area (TPSA) is 96.5 Å². The number of likely N-dealkylation sites (tertiary alicyclic amines) is 1. The highest BCUT2D eigenvalue weighted by atomic mass is 16.5. The Morgan fingerprint density at radius 2 is 2.00 bits per heavy atom. The van der Waals surface area contributed by atoms with Crippen LogP contribution in [0.2, 0.25) is 0 Å². The van der Waals surface area contributed by atoms with E-state index in [-0.39, 0.29) is 18.6 Å². The Balaban J connectivity index is 1.85. The minimum atomic E-state index is 0.138. The number of hydrogen-bond acceptors (Lipinski definition) is 7. The molecule has 0 spiro atoms. The third kappa shape index (κ3) is 6.31. The third-order valence-corrected chi connectivity index (χ3v) is 6.01. The SMILES string of the molecule is CCC[C@@H](CCO)Nc1nc(N)nc(C)c1Cc1ccc(CN2CCCC2)cc1OC. The number of nitrogen functional groups attached to an aromatic ring is 1. The van der Waals surface area contributed by atoms with Crippen LogP contribution in [0.4, 0.5) is 11.8 Å². The maximum absolute atomic E-state index is 9.43. The maximum atomic E-state index is 9.43. The molecule has 0 unspecified atom stereocenters. The number of aryl methyl sites for hydroxylation is 1. The number of methoxy groups -OCH3 is 1. The second-order valence-corrected chi connectivity index (χ2v) is 8.44. The quantitative estimate of drug-likeness (QED) is 0.505. The highest BCUT2D eigenvalue weighted by Crippen LogP contribution is 2.29. The predicted molar refractivity (Wildman–Crippen MR) is 126 cm³/mol. The number of benzene rings is 1. The summed E-state index contributed by atoms with van der Waals surface area (Å²) < 4.78 is 5.75. The van der Waals surface area contributed by atoms with Gasteiger partial charge in [-0.1, -0.05) is 25.5 Å². The van der Waals surface area contributed by atoms with E-state index in [1.54, 1.807) is 7.11 Å². The second-order valence-electron chi connectivity index (χ2n) is 8.44. The van der Waals surface area contributed by atoms with E-state index in [2.05, 4.69) is 45.3 Å². The first-order chi connectivity index (χ1) is 15.0. The molecule has 0 aliphatic carbocycles. The molecule has 0 radical (unpaired) electrons. The van der Waals surface area contributed by atoms with Crippen molar-refractivity contribution in [2.45, 2.75) is 65.0 Å². The average Bonchev–Trinajstić information content (AvgIpc) is 3.24. The Morgan fingerprint density at radius 3 is 2.68 bits per heavy atom. The fourth-order valence-electron chi connectivity index (χ4n) is 4.36. The predicted octanol–water partition coefficient (Wildman–Crippen LogP) is 3.53. The lowest BCUT2D eigenvalue weighted by Crippen LogP contribution is -2.23. The van der Waals surface area contributed by atoms with E-state index in [0.717, 1.165) is 47.8 Å². The number of anilines is 2. The van der Waals surface area contributed by atoms with Crippen molar-refractivity contribution in [1.29, 1.82) is 0 Å². The number of aliphatic hydroxyl groups excluding tert-OH is 1. The number of aromatic nitrogens is 2. The molecular weight excluding hydrogens is 390 g/mol. The number of nitrogens with two attached hydrogens (primary N) is 1. The molecule has 1 aromatic heterocycles. The van der Waals surface area contributed by atoms with Gasteiger partial charge in [-0.15, -0.1) is 0 Å². The van der Waals surface area contributed by atoms with E-state index < -0.39 is 0 Å². The van der Waals surface area contributed by atoms with Gasteiger partial charge in [-0.05, 0) is 62.9 Å². The third-order valence-electron chi connectivity index (χ3n) is 6.01. The molecule has 0 bridgehead atoms. The van der Waals surface area contributed by atoms with Gasteiger partial charge in [0.1, 0.15) is 11.6 Å². The molecule has 2 aromatic rings. The maximum Gasteiger partial charge on any atom is 0.222 e. The van der Waals surface area contributed by atoms with E-state index in [1.165, 1.54) is 31.5 Å². The van der Waals surface area contributed by atoms with Gasteiger partial charge < -0.3 is 20.9 Å². The molecule has 7 heteroatoms. The Kier molecular flexibility index (Phi) is 8.49. The van der Waals surface area contributed by atoms with Crippen LogP contribution in [0.3, 0.4) is 0 Å². The molecular formula is C24H37N5O2. The summed E-state index contributed by atoms with van der Waals surface area (Å²) in [5, 5.41) is 12.9. The number of rotatable bonds is 11. The summed E-state index contributed by atoms with van der Waals surface area (Å²) in [7, 11) is 1.72. The van der Waals surface area contributed by atoms with Crippen molar-refractivity contribution in [3.05, 3.63) is 40.6 Å². The monoisotopic (exact) mass is 427 g/mol. The highest BCUT2D eigenvalue weighted by Gasteiger charge is 2.18. The fourth-order valence-corrected chi connectivity index (χ4v) is 4.36. The number of ether oxygens (including phenoxy) is 1. The van der Waals surface area contributed by atoms with E-state index in [4.69, 9.17) is 10.5 Å². The van der Waals surface area contributed by atoms with E-state index >= 15 is 0 Å². The first-order valence-corrected chi connectivity index (χ1v) is 11.4. The first kappa shape index (κ1) is 23.3. The highest BCUT2D eigenvalue weighted by molar-refractivity contribution is 5.53. The van der Waals surface area contributed by atoms with E-state index in [9.17, 15) is 5.11 Å². The lowest BCUT2D eigenvalue weighted by Gasteiger charge is -2.21. The van der Waals surface area contributed by atoms with Crippen LogP contribution in [0.5, 0.6) is 5.75 Å². The molecule has 1 aliphatic heterocycles. The van der Waals surface area contributed by atoms with Crippen LogP contribution in [0.15, 0.2) is 18.2 Å². The zero-order valence-electron chi connectivity index (χ0n) is 19.2. The molecule has 3 rings (SSSR count). The Hall–Kier alpha value is -2.38. The minimum absolute atomic E-state index is 0.138. The number of hydrogen-bond donors (Lipinski definition) is 3. The number of nitrogens with one attached hydrogen (secondary N) is 1. The molecule has 0 amide bonds. The molecule has 0 saturated carbocycles. The van der Waals surface area contributed by atoms with Gasteiger partial charge >= 0.3 is 0 Å². The zero-order chi connectivity index (χ0) is 22.2. The lowest BCUT2D eigenvalue weighted by molar-refractivity contribution is 0.276. The van der Waals surface area contributed by atoms with Crippen molar-refractivity contribution in [2.75, 3.05) is 37.9 Å². The van der Waals surface area contributed by atoms with Crippen molar-refractivity contribution < 1.29 is 9.84 Å². The van der Waals surface area contributed by atoms with Crippen molar-refractivity contribution >= 4 is 11.8 Å². The molecule has 1 atom stereocenters. The zero-order valence-corrected chi connectivity index (χ0v) is 19.2. The number of nitrogens with zero attached hydrogens (tertiary/aromatic N) is 3. The van der Waals surface area contributed by atoms with Crippen LogP contribution in [-0.4, -0.2) is 52.8 Å².